The highest BCUT2D eigenvalue weighted by molar-refractivity contribution is 6.00. The Morgan fingerprint density at radius 3 is 2.41 bits per heavy atom. The number of likely N-dealkylation sites (N-methyl/N-ethyl adjacent to an activating group) is 1. The van der Waals surface area contributed by atoms with Gasteiger partial charge in [-0.2, -0.15) is 13.2 Å². The Balaban J connectivity index is 1.42. The molecular formula is C28H24F4N4O. The fourth-order valence-electron chi connectivity index (χ4n) is 4.79. The Labute approximate surface area is 211 Å². The summed E-state index contributed by atoms with van der Waals surface area (Å²) in [5.41, 5.74) is 1.01. The van der Waals surface area contributed by atoms with Crippen LogP contribution >= 0.6 is 0 Å². The van der Waals surface area contributed by atoms with Gasteiger partial charge in [0, 0.05) is 36.5 Å². The van der Waals surface area contributed by atoms with Gasteiger partial charge in [0.25, 0.3) is 5.91 Å². The number of hydrogen-bond donors (Lipinski definition) is 0. The number of benzene rings is 3. The molecule has 4 aromatic rings. The Hall–Kier alpha value is -4.01. The van der Waals surface area contributed by atoms with E-state index in [4.69, 9.17) is 0 Å². The van der Waals surface area contributed by atoms with Crippen LogP contribution in [-0.2, 0) is 6.18 Å². The molecule has 1 aliphatic rings. The number of aromatic nitrogens is 2. The van der Waals surface area contributed by atoms with E-state index in [0.29, 0.717) is 31.4 Å². The van der Waals surface area contributed by atoms with Crippen LogP contribution in [0.25, 0.3) is 22.0 Å². The summed E-state index contributed by atoms with van der Waals surface area (Å²) in [6, 6.07) is 17.6. The number of halogens is 4. The number of rotatable bonds is 4. The van der Waals surface area contributed by atoms with Crippen LogP contribution < -0.4 is 4.90 Å². The third-order valence-electron chi connectivity index (χ3n) is 6.84. The summed E-state index contributed by atoms with van der Waals surface area (Å²) in [5, 5.41) is 10.9. The molecule has 1 unspecified atom stereocenters. The number of anilines is 1. The minimum absolute atomic E-state index is 0.351. The van der Waals surface area contributed by atoms with Gasteiger partial charge in [-0.05, 0) is 31.5 Å². The molecule has 1 aromatic heterocycles. The molecule has 5 nitrogen and oxygen atoms in total. The van der Waals surface area contributed by atoms with Gasteiger partial charge in [0.2, 0.25) is 0 Å². The molecule has 0 N–H and O–H groups in total. The van der Waals surface area contributed by atoms with Crippen molar-refractivity contribution < 1.29 is 22.4 Å². The molecule has 0 radical (unpaired) electrons. The van der Waals surface area contributed by atoms with E-state index in [0.717, 1.165) is 39.7 Å². The Morgan fingerprint density at radius 2 is 1.70 bits per heavy atom. The molecule has 1 fully saturated rings. The zero-order valence-electron chi connectivity index (χ0n) is 20.3. The lowest BCUT2D eigenvalue weighted by molar-refractivity contribution is -0.138. The average Bonchev–Trinajstić information content (AvgIpc) is 3.37. The molecule has 9 heteroatoms. The number of aryl methyl sites for hydroxylation is 1. The fourth-order valence-corrected chi connectivity index (χ4v) is 4.79. The maximum atomic E-state index is 13.5. The van der Waals surface area contributed by atoms with Crippen LogP contribution in [0.5, 0.6) is 0 Å². The van der Waals surface area contributed by atoms with E-state index in [2.05, 4.69) is 10.2 Å². The van der Waals surface area contributed by atoms with Gasteiger partial charge in [-0.25, -0.2) is 4.39 Å². The molecule has 37 heavy (non-hydrogen) atoms. The van der Waals surface area contributed by atoms with Crippen LogP contribution in [0.2, 0.25) is 0 Å². The number of carbonyl (C=O) groups excluding carboxylic acids is 1. The third kappa shape index (κ3) is 4.73. The quantitative estimate of drug-likeness (QED) is 0.312. The predicted octanol–water partition coefficient (Wildman–Crippen LogP) is 6.11. The molecule has 0 saturated carbocycles. The summed E-state index contributed by atoms with van der Waals surface area (Å²) in [6.45, 7) is 2.95. The molecule has 1 saturated heterocycles. The lowest BCUT2D eigenvalue weighted by Gasteiger charge is -2.26. The zero-order chi connectivity index (χ0) is 26.3. The van der Waals surface area contributed by atoms with Crippen LogP contribution in [0.15, 0.2) is 66.7 Å². The van der Waals surface area contributed by atoms with Crippen LogP contribution in [0.1, 0.15) is 27.9 Å². The second kappa shape index (κ2) is 9.46. The van der Waals surface area contributed by atoms with Crippen LogP contribution in [0.4, 0.5) is 23.4 Å². The van der Waals surface area contributed by atoms with Crippen LogP contribution in [0.3, 0.4) is 0 Å². The summed E-state index contributed by atoms with van der Waals surface area (Å²) in [7, 11) is 1.48. The standard InChI is InChI=1S/C28H24F4N4O/c1-17-7-9-18(10-8-17)25-21-5-3-4-6-22(21)26(34-33-25)36-14-13-20(16-36)35(2)27(37)23-12-11-19(29)15-24(23)28(30,31)32/h3-12,15,20H,13-14,16H2,1-2H3. The maximum Gasteiger partial charge on any atom is 0.417 e. The summed E-state index contributed by atoms with van der Waals surface area (Å²) < 4.78 is 53.9. The SMILES string of the molecule is Cc1ccc(-c2nnc(N3CCC(N(C)C(=O)c4ccc(F)cc4C(F)(F)F)C3)c3ccccc23)cc1. The molecule has 1 atom stereocenters. The molecule has 1 amide bonds. The number of hydrogen-bond acceptors (Lipinski definition) is 4. The van der Waals surface area contributed by atoms with E-state index < -0.39 is 29.0 Å². The summed E-state index contributed by atoms with van der Waals surface area (Å²) in [4.78, 5) is 16.4. The minimum atomic E-state index is -4.84. The summed E-state index contributed by atoms with van der Waals surface area (Å²) in [6.07, 6.45) is -4.30. The number of fused-ring (bicyclic) bond motifs is 1. The van der Waals surface area contributed by atoms with E-state index in [1.165, 1.54) is 11.9 Å². The van der Waals surface area contributed by atoms with Crippen LogP contribution in [-0.4, -0.2) is 47.2 Å². The lowest BCUT2D eigenvalue weighted by atomic mass is 10.0. The van der Waals surface area contributed by atoms with Crippen molar-refractivity contribution in [3.8, 4) is 11.3 Å². The molecular weight excluding hydrogens is 484 g/mol. The van der Waals surface area contributed by atoms with Gasteiger partial charge in [0.15, 0.2) is 5.82 Å². The third-order valence-corrected chi connectivity index (χ3v) is 6.84. The normalized spacial score (nSPS) is 15.8. The second-order valence-electron chi connectivity index (χ2n) is 9.28. The van der Waals surface area contributed by atoms with Gasteiger partial charge in [-0.1, -0.05) is 54.1 Å². The Kier molecular flexibility index (Phi) is 6.31. The Morgan fingerprint density at radius 1 is 1.00 bits per heavy atom. The average molecular weight is 509 g/mol. The monoisotopic (exact) mass is 508 g/mol. The summed E-state index contributed by atoms with van der Waals surface area (Å²) in [5.74, 6) is -1.18. The van der Waals surface area contributed by atoms with Gasteiger partial charge in [-0.3, -0.25) is 4.79 Å². The van der Waals surface area contributed by atoms with Gasteiger partial charge in [0.1, 0.15) is 11.5 Å². The van der Waals surface area contributed by atoms with Crippen molar-refractivity contribution in [2.24, 2.45) is 0 Å². The summed E-state index contributed by atoms with van der Waals surface area (Å²) >= 11 is 0. The lowest BCUT2D eigenvalue weighted by Crippen LogP contribution is -2.40. The first-order chi connectivity index (χ1) is 17.6. The van der Waals surface area contributed by atoms with Crippen molar-refractivity contribution in [1.29, 1.82) is 0 Å². The topological polar surface area (TPSA) is 49.3 Å². The van der Waals surface area contributed by atoms with Gasteiger partial charge >= 0.3 is 6.18 Å². The van der Waals surface area contributed by atoms with Crippen molar-refractivity contribution in [3.63, 3.8) is 0 Å². The molecule has 0 spiro atoms. The van der Waals surface area contributed by atoms with Crippen molar-refractivity contribution in [1.82, 2.24) is 15.1 Å². The zero-order valence-corrected chi connectivity index (χ0v) is 20.3. The van der Waals surface area contributed by atoms with Crippen molar-refractivity contribution in [3.05, 3.63) is 89.2 Å². The van der Waals surface area contributed by atoms with Gasteiger partial charge < -0.3 is 9.80 Å². The van der Waals surface area contributed by atoms with Crippen molar-refractivity contribution >= 4 is 22.5 Å². The highest BCUT2D eigenvalue weighted by Crippen LogP contribution is 2.35. The molecule has 3 aromatic carbocycles. The molecule has 0 aliphatic carbocycles. The van der Waals surface area contributed by atoms with E-state index in [-0.39, 0.29) is 6.04 Å². The van der Waals surface area contributed by atoms with Crippen molar-refractivity contribution in [2.45, 2.75) is 25.6 Å². The van der Waals surface area contributed by atoms with Gasteiger partial charge in [-0.15, -0.1) is 10.2 Å². The van der Waals surface area contributed by atoms with Crippen LogP contribution in [0, 0.1) is 12.7 Å². The molecule has 5 rings (SSSR count). The Bertz CT molecular complexity index is 1470. The van der Waals surface area contributed by atoms with E-state index in [1.54, 1.807) is 0 Å². The fraction of sp³-hybridized carbons (Fsp3) is 0.250. The molecule has 2 heterocycles. The predicted molar refractivity (Wildman–Crippen MR) is 134 cm³/mol. The van der Waals surface area contributed by atoms with E-state index in [9.17, 15) is 22.4 Å². The molecule has 1 aliphatic heterocycles. The smallest absolute Gasteiger partial charge is 0.352 e. The first kappa shape index (κ1) is 24.7. The number of alkyl halides is 3. The maximum absolute atomic E-state index is 13.5. The highest BCUT2D eigenvalue weighted by atomic mass is 19.4. The number of carbonyl (C=O) groups is 1. The highest BCUT2D eigenvalue weighted by Gasteiger charge is 2.38. The largest absolute Gasteiger partial charge is 0.417 e. The van der Waals surface area contributed by atoms with E-state index in [1.807, 2.05) is 60.4 Å². The first-order valence-electron chi connectivity index (χ1n) is 11.8. The second-order valence-corrected chi connectivity index (χ2v) is 9.28. The number of amides is 1. The first-order valence-corrected chi connectivity index (χ1v) is 11.8. The van der Waals surface area contributed by atoms with Gasteiger partial charge in [0.05, 0.1) is 17.2 Å². The number of nitrogens with zero attached hydrogens (tertiary/aromatic N) is 4. The minimum Gasteiger partial charge on any atom is -0.352 e. The van der Waals surface area contributed by atoms with Crippen molar-refractivity contribution in [2.75, 3.05) is 25.0 Å². The molecule has 0 bridgehead atoms. The van der Waals surface area contributed by atoms with E-state index >= 15 is 0 Å². The molecule has 190 valence electrons.